The third-order valence-corrected chi connectivity index (χ3v) is 5.63. The van der Waals surface area contributed by atoms with E-state index < -0.39 is 0 Å². The molecule has 0 saturated heterocycles. The number of hydrogen-bond acceptors (Lipinski definition) is 7. The highest BCUT2D eigenvalue weighted by Gasteiger charge is 2.12. The van der Waals surface area contributed by atoms with Gasteiger partial charge in [0.1, 0.15) is 6.33 Å². The molecule has 30 heavy (non-hydrogen) atoms. The van der Waals surface area contributed by atoms with E-state index in [1.54, 1.807) is 22.5 Å². The summed E-state index contributed by atoms with van der Waals surface area (Å²) >= 11 is 7.51. The quantitative estimate of drug-likeness (QED) is 0.459. The first-order valence-corrected chi connectivity index (χ1v) is 10.3. The van der Waals surface area contributed by atoms with Crippen molar-refractivity contribution < 1.29 is 4.79 Å². The number of halogens is 1. The van der Waals surface area contributed by atoms with Gasteiger partial charge < -0.3 is 5.32 Å². The van der Waals surface area contributed by atoms with Gasteiger partial charge in [0.2, 0.25) is 5.91 Å². The van der Waals surface area contributed by atoms with Crippen LogP contribution in [0.15, 0.2) is 53.9 Å². The van der Waals surface area contributed by atoms with Gasteiger partial charge in [-0.25, -0.2) is 0 Å². The SMILES string of the molecule is Cc1ccc(-n2cnnc2SCC(=O)Nc2cccc(-n3nnnc3C)c2)cc1Cl. The van der Waals surface area contributed by atoms with Gasteiger partial charge in [-0.3, -0.25) is 9.36 Å². The molecule has 2 aromatic heterocycles. The zero-order chi connectivity index (χ0) is 21.1. The lowest BCUT2D eigenvalue weighted by atomic mass is 10.2. The average molecular weight is 441 g/mol. The third kappa shape index (κ3) is 4.34. The maximum absolute atomic E-state index is 12.5. The molecule has 0 unspecified atom stereocenters. The van der Waals surface area contributed by atoms with E-state index in [9.17, 15) is 4.79 Å². The molecule has 2 aromatic carbocycles. The topological polar surface area (TPSA) is 103 Å². The van der Waals surface area contributed by atoms with Crippen molar-refractivity contribution in [1.29, 1.82) is 0 Å². The molecule has 0 radical (unpaired) electrons. The molecule has 4 rings (SSSR count). The largest absolute Gasteiger partial charge is 0.325 e. The molecule has 9 nitrogen and oxygen atoms in total. The van der Waals surface area contributed by atoms with E-state index in [2.05, 4.69) is 31.0 Å². The number of carbonyl (C=O) groups is 1. The summed E-state index contributed by atoms with van der Waals surface area (Å²) in [5.74, 6) is 0.665. The minimum absolute atomic E-state index is 0.165. The highest BCUT2D eigenvalue weighted by Crippen LogP contribution is 2.24. The summed E-state index contributed by atoms with van der Waals surface area (Å²) in [6.07, 6.45) is 1.60. The molecule has 0 aliphatic carbocycles. The van der Waals surface area contributed by atoms with Gasteiger partial charge in [0.15, 0.2) is 11.0 Å². The predicted octanol–water partition coefficient (Wildman–Crippen LogP) is 3.24. The van der Waals surface area contributed by atoms with Crippen molar-refractivity contribution in [3.63, 3.8) is 0 Å². The fourth-order valence-corrected chi connectivity index (χ4v) is 3.65. The van der Waals surface area contributed by atoms with Crippen LogP contribution < -0.4 is 5.32 Å². The molecule has 0 atom stereocenters. The molecule has 0 saturated carbocycles. The zero-order valence-electron chi connectivity index (χ0n) is 16.2. The van der Waals surface area contributed by atoms with Crippen molar-refractivity contribution >= 4 is 35.0 Å². The molecule has 0 spiro atoms. The fraction of sp³-hybridized carbons (Fsp3) is 0.158. The second-order valence-corrected chi connectivity index (χ2v) is 7.79. The first kappa shape index (κ1) is 20.0. The summed E-state index contributed by atoms with van der Waals surface area (Å²) in [5.41, 5.74) is 3.24. The van der Waals surface area contributed by atoms with Crippen molar-refractivity contribution in [2.24, 2.45) is 0 Å². The first-order chi connectivity index (χ1) is 14.5. The smallest absolute Gasteiger partial charge is 0.234 e. The van der Waals surface area contributed by atoms with E-state index in [1.165, 1.54) is 11.8 Å². The number of carbonyl (C=O) groups excluding carboxylic acids is 1. The molecule has 0 aliphatic heterocycles. The van der Waals surface area contributed by atoms with Crippen molar-refractivity contribution in [1.82, 2.24) is 35.0 Å². The molecule has 1 amide bonds. The Morgan fingerprint density at radius 3 is 2.77 bits per heavy atom. The van der Waals surface area contributed by atoms with Gasteiger partial charge >= 0.3 is 0 Å². The van der Waals surface area contributed by atoms with Gasteiger partial charge in [0.05, 0.1) is 17.1 Å². The van der Waals surface area contributed by atoms with E-state index in [0.717, 1.165) is 16.9 Å². The van der Waals surface area contributed by atoms with Crippen molar-refractivity contribution in [3.05, 3.63) is 65.2 Å². The number of tetrazole rings is 1. The maximum atomic E-state index is 12.5. The average Bonchev–Trinajstić information content (AvgIpc) is 3.37. The minimum atomic E-state index is -0.165. The van der Waals surface area contributed by atoms with E-state index in [0.29, 0.717) is 21.7 Å². The second-order valence-electron chi connectivity index (χ2n) is 6.44. The monoisotopic (exact) mass is 440 g/mol. The van der Waals surface area contributed by atoms with Gasteiger partial charge in [-0.2, -0.15) is 4.68 Å². The number of rotatable bonds is 6. The van der Waals surface area contributed by atoms with Gasteiger partial charge in [0, 0.05) is 10.7 Å². The zero-order valence-corrected chi connectivity index (χ0v) is 17.7. The van der Waals surface area contributed by atoms with Crippen LogP contribution in [0.25, 0.3) is 11.4 Å². The number of benzene rings is 2. The lowest BCUT2D eigenvalue weighted by molar-refractivity contribution is -0.113. The Hall–Kier alpha value is -3.24. The highest BCUT2D eigenvalue weighted by atomic mass is 35.5. The van der Waals surface area contributed by atoms with Crippen molar-refractivity contribution in [3.8, 4) is 11.4 Å². The number of thioether (sulfide) groups is 1. The highest BCUT2D eigenvalue weighted by molar-refractivity contribution is 7.99. The molecule has 2 heterocycles. The number of aromatic nitrogens is 7. The standard InChI is InChI=1S/C19H17ClN8OS/c1-12-6-7-15(9-17(12)20)27-11-21-24-19(27)30-10-18(29)22-14-4-3-5-16(8-14)28-13(2)23-25-26-28/h3-9,11H,10H2,1-2H3,(H,22,29). The number of anilines is 1. The van der Waals surface area contributed by atoms with Gasteiger partial charge in [-0.05, 0) is 60.2 Å². The molecule has 0 bridgehead atoms. The van der Waals surface area contributed by atoms with Crippen molar-refractivity contribution in [2.75, 3.05) is 11.1 Å². The summed E-state index contributed by atoms with van der Waals surface area (Å²) in [7, 11) is 0. The Balaban J connectivity index is 1.42. The number of aryl methyl sites for hydroxylation is 2. The molecule has 0 fully saturated rings. The normalized spacial score (nSPS) is 10.9. The molecule has 4 aromatic rings. The molecular formula is C19H17ClN8OS. The predicted molar refractivity (Wildman–Crippen MR) is 114 cm³/mol. The number of amides is 1. The Morgan fingerprint density at radius 1 is 1.13 bits per heavy atom. The van der Waals surface area contributed by atoms with E-state index in [-0.39, 0.29) is 11.7 Å². The van der Waals surface area contributed by atoms with Crippen LogP contribution in [0.1, 0.15) is 11.4 Å². The number of nitrogens with zero attached hydrogens (tertiary/aromatic N) is 7. The molecule has 1 N–H and O–H groups in total. The Labute approximate surface area is 181 Å². The van der Waals surface area contributed by atoms with Crippen LogP contribution in [0, 0.1) is 13.8 Å². The Morgan fingerprint density at radius 2 is 2.00 bits per heavy atom. The van der Waals surface area contributed by atoms with E-state index >= 15 is 0 Å². The van der Waals surface area contributed by atoms with E-state index in [1.807, 2.05) is 49.4 Å². The van der Waals surface area contributed by atoms with Crippen molar-refractivity contribution in [2.45, 2.75) is 19.0 Å². The third-order valence-electron chi connectivity index (χ3n) is 4.28. The van der Waals surface area contributed by atoms with Crippen LogP contribution in [0.5, 0.6) is 0 Å². The molecular weight excluding hydrogens is 424 g/mol. The summed E-state index contributed by atoms with van der Waals surface area (Å²) < 4.78 is 3.39. The van der Waals surface area contributed by atoms with Gasteiger partial charge in [-0.15, -0.1) is 15.3 Å². The Bertz CT molecular complexity index is 1200. The van der Waals surface area contributed by atoms with Crippen LogP contribution in [0.4, 0.5) is 5.69 Å². The second kappa shape index (κ2) is 8.64. The fourth-order valence-electron chi connectivity index (χ4n) is 2.74. The van der Waals surface area contributed by atoms with Crippen LogP contribution >= 0.6 is 23.4 Å². The van der Waals surface area contributed by atoms with Gasteiger partial charge in [-0.1, -0.05) is 35.5 Å². The van der Waals surface area contributed by atoms with Crippen LogP contribution in [-0.4, -0.2) is 46.6 Å². The molecule has 0 aliphatic rings. The van der Waals surface area contributed by atoms with Crippen LogP contribution in [0.3, 0.4) is 0 Å². The summed E-state index contributed by atoms with van der Waals surface area (Å²) in [6.45, 7) is 3.74. The first-order valence-electron chi connectivity index (χ1n) is 8.96. The maximum Gasteiger partial charge on any atom is 0.234 e. The van der Waals surface area contributed by atoms with Crippen LogP contribution in [0.2, 0.25) is 5.02 Å². The Kier molecular flexibility index (Phi) is 5.77. The summed E-state index contributed by atoms with van der Waals surface area (Å²) in [4.78, 5) is 12.5. The summed E-state index contributed by atoms with van der Waals surface area (Å²) in [5, 5.41) is 23.7. The summed E-state index contributed by atoms with van der Waals surface area (Å²) in [6, 6.07) is 13.0. The lowest BCUT2D eigenvalue weighted by Crippen LogP contribution is -2.15. The number of nitrogens with one attached hydrogen (secondary N) is 1. The molecule has 11 heteroatoms. The molecule has 152 valence electrons. The van der Waals surface area contributed by atoms with Crippen LogP contribution in [-0.2, 0) is 4.79 Å². The number of hydrogen-bond donors (Lipinski definition) is 1. The van der Waals surface area contributed by atoms with Gasteiger partial charge in [0.25, 0.3) is 0 Å². The lowest BCUT2D eigenvalue weighted by Gasteiger charge is -2.09. The van der Waals surface area contributed by atoms with E-state index in [4.69, 9.17) is 11.6 Å². The minimum Gasteiger partial charge on any atom is -0.325 e.